The predicted octanol–water partition coefficient (Wildman–Crippen LogP) is 4.53. The van der Waals surface area contributed by atoms with Crippen LogP contribution >= 0.6 is 12.4 Å². The van der Waals surface area contributed by atoms with Crippen molar-refractivity contribution in [3.8, 4) is 0 Å². The Balaban J connectivity index is 0.00000121. The first-order valence-electron chi connectivity index (χ1n) is 7.11. The number of rotatable bonds is 0. The Bertz CT molecular complexity index is 641. The Kier molecular flexibility index (Phi) is 3.06. The number of hydrogen-bond acceptors (Lipinski definition) is 1. The lowest BCUT2D eigenvalue weighted by molar-refractivity contribution is 0.315. The second-order valence-corrected chi connectivity index (χ2v) is 6.15. The zero-order valence-corrected chi connectivity index (χ0v) is 12.8. The second kappa shape index (κ2) is 4.53. The minimum Gasteiger partial charge on any atom is -0.373 e. The first-order chi connectivity index (χ1) is 9.20. The molecule has 0 aromatic heterocycles. The van der Waals surface area contributed by atoms with Gasteiger partial charge < -0.3 is 4.90 Å². The molecule has 1 aromatic rings. The molecule has 2 heteroatoms. The summed E-state index contributed by atoms with van der Waals surface area (Å²) in [5, 5.41) is 0. The van der Waals surface area contributed by atoms with E-state index in [1.54, 1.807) is 0 Å². The first-order valence-corrected chi connectivity index (χ1v) is 7.11. The summed E-state index contributed by atoms with van der Waals surface area (Å²) in [4.78, 5) is 2.40. The molecule has 2 aliphatic carbocycles. The molecular weight excluding hydrogens is 266 g/mol. The summed E-state index contributed by atoms with van der Waals surface area (Å²) in [6.07, 6.45) is 11.6. The van der Waals surface area contributed by atoms with Crippen LogP contribution in [0.5, 0.6) is 0 Å². The van der Waals surface area contributed by atoms with E-state index in [1.165, 1.54) is 28.7 Å². The van der Waals surface area contributed by atoms with E-state index < -0.39 is 0 Å². The Morgan fingerprint density at radius 1 is 1.25 bits per heavy atom. The first kappa shape index (κ1) is 13.5. The lowest BCUT2D eigenvalue weighted by atomic mass is 9.73. The number of allylic oxidation sites excluding steroid dienone is 5. The van der Waals surface area contributed by atoms with Crippen LogP contribution in [0.1, 0.15) is 36.9 Å². The molecule has 1 heterocycles. The van der Waals surface area contributed by atoms with Crippen molar-refractivity contribution >= 4 is 12.4 Å². The van der Waals surface area contributed by atoms with Gasteiger partial charge in [0.25, 0.3) is 0 Å². The molecule has 2 unspecified atom stereocenters. The highest BCUT2D eigenvalue weighted by atomic mass is 35.5. The topological polar surface area (TPSA) is 3.24 Å². The predicted molar refractivity (Wildman–Crippen MR) is 86.1 cm³/mol. The van der Waals surface area contributed by atoms with Crippen molar-refractivity contribution in [1.82, 2.24) is 4.90 Å². The van der Waals surface area contributed by atoms with Gasteiger partial charge in [0.05, 0.1) is 6.04 Å². The minimum atomic E-state index is 0. The lowest BCUT2D eigenvalue weighted by Gasteiger charge is -2.30. The lowest BCUT2D eigenvalue weighted by Crippen LogP contribution is -2.22. The third-order valence-electron chi connectivity index (χ3n) is 5.01. The molecule has 1 aliphatic heterocycles. The molecule has 1 nitrogen and oxygen atoms in total. The van der Waals surface area contributed by atoms with E-state index in [0.29, 0.717) is 6.04 Å². The van der Waals surface area contributed by atoms with Crippen molar-refractivity contribution in [1.29, 1.82) is 0 Å². The molecule has 20 heavy (non-hydrogen) atoms. The fourth-order valence-electron chi connectivity index (χ4n) is 4.07. The van der Waals surface area contributed by atoms with E-state index >= 15 is 0 Å². The van der Waals surface area contributed by atoms with Gasteiger partial charge in [-0.1, -0.05) is 49.4 Å². The fourth-order valence-corrected chi connectivity index (χ4v) is 4.07. The van der Waals surface area contributed by atoms with Crippen LogP contribution in [0.2, 0.25) is 0 Å². The molecule has 0 spiro atoms. The van der Waals surface area contributed by atoms with Crippen LogP contribution in [0.4, 0.5) is 0 Å². The molecule has 2 atom stereocenters. The van der Waals surface area contributed by atoms with Crippen LogP contribution in [-0.4, -0.2) is 11.9 Å². The molecule has 104 valence electrons. The van der Waals surface area contributed by atoms with Crippen LogP contribution in [0.25, 0.3) is 0 Å². The van der Waals surface area contributed by atoms with E-state index in [2.05, 4.69) is 67.6 Å². The summed E-state index contributed by atoms with van der Waals surface area (Å²) in [5.74, 6) is 0. The standard InChI is InChI=1S/C18H19N.ClH/c1-18-11-17(14-8-4-6-10-16(14)18)19(2)12-13-7-3-5-9-15(13)18;/h3-4,6-10,12,17H,5,11H2,1-2H3;1H. The van der Waals surface area contributed by atoms with Crippen molar-refractivity contribution in [2.45, 2.75) is 31.2 Å². The molecule has 0 N–H and O–H groups in total. The maximum atomic E-state index is 2.42. The Hall–Kier alpha value is -1.47. The van der Waals surface area contributed by atoms with Crippen molar-refractivity contribution in [3.05, 3.63) is 71.0 Å². The van der Waals surface area contributed by atoms with Gasteiger partial charge in [0, 0.05) is 18.7 Å². The normalized spacial score (nSPS) is 29.7. The van der Waals surface area contributed by atoms with Gasteiger partial charge in [0.15, 0.2) is 0 Å². The van der Waals surface area contributed by atoms with Crippen LogP contribution in [-0.2, 0) is 5.41 Å². The third kappa shape index (κ3) is 1.63. The van der Waals surface area contributed by atoms with Crippen molar-refractivity contribution < 1.29 is 0 Å². The molecule has 1 aromatic carbocycles. The minimum absolute atomic E-state index is 0. The monoisotopic (exact) mass is 285 g/mol. The maximum Gasteiger partial charge on any atom is 0.0548 e. The number of halogens is 1. The number of hydrogen-bond donors (Lipinski definition) is 0. The van der Waals surface area contributed by atoms with Gasteiger partial charge in [-0.25, -0.2) is 0 Å². The molecule has 0 saturated carbocycles. The molecule has 0 radical (unpaired) electrons. The summed E-state index contributed by atoms with van der Waals surface area (Å²) in [6.45, 7) is 2.42. The van der Waals surface area contributed by atoms with E-state index in [9.17, 15) is 0 Å². The molecular formula is C18H20ClN. The largest absolute Gasteiger partial charge is 0.373 e. The number of fused-ring (bicyclic) bond motifs is 7. The quantitative estimate of drug-likeness (QED) is 0.677. The molecule has 3 aliphatic rings. The molecule has 0 amide bonds. The van der Waals surface area contributed by atoms with Crippen LogP contribution in [0, 0.1) is 0 Å². The van der Waals surface area contributed by atoms with Gasteiger partial charge in [0.1, 0.15) is 0 Å². The summed E-state index contributed by atoms with van der Waals surface area (Å²) in [7, 11) is 2.21. The zero-order chi connectivity index (χ0) is 13.0. The Morgan fingerprint density at radius 2 is 2.05 bits per heavy atom. The van der Waals surface area contributed by atoms with Gasteiger partial charge >= 0.3 is 0 Å². The van der Waals surface area contributed by atoms with Gasteiger partial charge in [-0.2, -0.15) is 0 Å². The van der Waals surface area contributed by atoms with Crippen LogP contribution < -0.4 is 0 Å². The van der Waals surface area contributed by atoms with E-state index in [0.717, 1.165) is 6.42 Å². The highest BCUT2D eigenvalue weighted by Crippen LogP contribution is 2.55. The van der Waals surface area contributed by atoms with Gasteiger partial charge in [-0.05, 0) is 35.1 Å². The van der Waals surface area contributed by atoms with Crippen LogP contribution in [0.15, 0.2) is 59.8 Å². The van der Waals surface area contributed by atoms with E-state index in [4.69, 9.17) is 0 Å². The highest BCUT2D eigenvalue weighted by molar-refractivity contribution is 5.85. The third-order valence-corrected chi connectivity index (χ3v) is 5.01. The summed E-state index contributed by atoms with van der Waals surface area (Å²) < 4.78 is 0. The Morgan fingerprint density at radius 3 is 2.90 bits per heavy atom. The number of nitrogens with zero attached hydrogens (tertiary/aromatic N) is 1. The Labute approximate surface area is 127 Å². The smallest absolute Gasteiger partial charge is 0.0548 e. The maximum absolute atomic E-state index is 2.42. The van der Waals surface area contributed by atoms with Crippen LogP contribution in [0.3, 0.4) is 0 Å². The molecule has 4 rings (SSSR count). The van der Waals surface area contributed by atoms with Gasteiger partial charge in [-0.3, -0.25) is 0 Å². The van der Waals surface area contributed by atoms with E-state index in [1.807, 2.05) is 0 Å². The van der Waals surface area contributed by atoms with Crippen molar-refractivity contribution in [2.75, 3.05) is 7.05 Å². The molecule has 0 fully saturated rings. The van der Waals surface area contributed by atoms with Gasteiger partial charge in [-0.15, -0.1) is 12.4 Å². The van der Waals surface area contributed by atoms with Gasteiger partial charge in [0.2, 0.25) is 0 Å². The number of benzene rings is 1. The fraction of sp³-hybridized carbons (Fsp3) is 0.333. The summed E-state index contributed by atoms with van der Waals surface area (Å²) in [5.41, 5.74) is 6.14. The summed E-state index contributed by atoms with van der Waals surface area (Å²) >= 11 is 0. The zero-order valence-electron chi connectivity index (χ0n) is 12.0. The highest BCUT2D eigenvalue weighted by Gasteiger charge is 2.46. The SMILES string of the molecule is CN1C=C2C=CCC=C2C2(C)CC1c1ccccc12.Cl. The van der Waals surface area contributed by atoms with E-state index in [-0.39, 0.29) is 17.8 Å². The summed E-state index contributed by atoms with van der Waals surface area (Å²) in [6, 6.07) is 9.51. The average Bonchev–Trinajstić information content (AvgIpc) is 2.68. The average molecular weight is 286 g/mol. The second-order valence-electron chi connectivity index (χ2n) is 6.15. The molecule has 2 bridgehead atoms. The molecule has 0 saturated heterocycles. The van der Waals surface area contributed by atoms with Crippen molar-refractivity contribution in [2.24, 2.45) is 0 Å². The van der Waals surface area contributed by atoms with Crippen molar-refractivity contribution in [3.63, 3.8) is 0 Å².